The maximum atomic E-state index is 12.0. The van der Waals surface area contributed by atoms with Crippen LogP contribution in [-0.2, 0) is 0 Å². The lowest BCUT2D eigenvalue weighted by Gasteiger charge is -2.06. The molecule has 0 heterocycles. The van der Waals surface area contributed by atoms with E-state index in [0.29, 0.717) is 16.3 Å². The van der Waals surface area contributed by atoms with E-state index in [1.54, 1.807) is 24.3 Å². The Bertz CT molecular complexity index is 686. The largest absolute Gasteiger partial charge is 0.322 e. The monoisotopic (exact) mass is 290 g/mol. The van der Waals surface area contributed by atoms with Gasteiger partial charge in [0.1, 0.15) is 0 Å². The fraction of sp³-hybridized carbons (Fsp3) is 0.0714. The minimum atomic E-state index is -0.515. The minimum Gasteiger partial charge on any atom is -0.322 e. The van der Waals surface area contributed by atoms with Gasteiger partial charge < -0.3 is 5.32 Å². The van der Waals surface area contributed by atoms with Crippen molar-refractivity contribution in [3.05, 3.63) is 68.7 Å². The molecule has 0 radical (unpaired) electrons. The van der Waals surface area contributed by atoms with Crippen LogP contribution in [0, 0.1) is 17.0 Å². The van der Waals surface area contributed by atoms with Crippen LogP contribution in [0.3, 0.4) is 0 Å². The Morgan fingerprint density at radius 3 is 2.65 bits per heavy atom. The fourth-order valence-electron chi connectivity index (χ4n) is 1.63. The van der Waals surface area contributed by atoms with E-state index >= 15 is 0 Å². The van der Waals surface area contributed by atoms with Crippen LogP contribution < -0.4 is 5.32 Å². The van der Waals surface area contributed by atoms with Crippen molar-refractivity contribution in [2.45, 2.75) is 6.92 Å². The SMILES string of the molecule is Cc1ccc(C(=O)Nc2cccc([N+](=O)[O-])c2)cc1Cl. The Balaban J connectivity index is 2.21. The Labute approximate surface area is 120 Å². The minimum absolute atomic E-state index is 0.0789. The lowest BCUT2D eigenvalue weighted by molar-refractivity contribution is -0.384. The number of non-ortho nitro benzene ring substituents is 1. The molecule has 0 saturated heterocycles. The van der Waals surface area contributed by atoms with Crippen molar-refractivity contribution in [2.75, 3.05) is 5.32 Å². The third-order valence-corrected chi connectivity index (χ3v) is 3.16. The van der Waals surface area contributed by atoms with Crippen LogP contribution >= 0.6 is 11.6 Å². The van der Waals surface area contributed by atoms with E-state index in [0.717, 1.165) is 5.56 Å². The topological polar surface area (TPSA) is 72.2 Å². The van der Waals surface area contributed by atoms with Crippen molar-refractivity contribution in [2.24, 2.45) is 0 Å². The van der Waals surface area contributed by atoms with Crippen molar-refractivity contribution in [3.63, 3.8) is 0 Å². The summed E-state index contributed by atoms with van der Waals surface area (Å²) in [5.74, 6) is -0.368. The lowest BCUT2D eigenvalue weighted by atomic mass is 10.1. The van der Waals surface area contributed by atoms with Crippen molar-refractivity contribution in [3.8, 4) is 0 Å². The summed E-state index contributed by atoms with van der Waals surface area (Å²) in [4.78, 5) is 22.2. The second-order valence-electron chi connectivity index (χ2n) is 4.23. The van der Waals surface area contributed by atoms with Crippen molar-refractivity contribution in [1.29, 1.82) is 0 Å². The van der Waals surface area contributed by atoms with E-state index in [2.05, 4.69) is 5.32 Å². The molecule has 1 amide bonds. The van der Waals surface area contributed by atoms with Crippen molar-refractivity contribution >= 4 is 28.9 Å². The van der Waals surface area contributed by atoms with Gasteiger partial charge in [-0.15, -0.1) is 0 Å². The van der Waals surface area contributed by atoms with E-state index < -0.39 is 4.92 Å². The first kappa shape index (κ1) is 14.0. The van der Waals surface area contributed by atoms with Gasteiger partial charge in [-0.05, 0) is 30.7 Å². The fourth-order valence-corrected chi connectivity index (χ4v) is 1.82. The van der Waals surface area contributed by atoms with Gasteiger partial charge in [-0.3, -0.25) is 14.9 Å². The number of rotatable bonds is 3. The average molecular weight is 291 g/mol. The number of benzene rings is 2. The number of nitrogens with zero attached hydrogens (tertiary/aromatic N) is 1. The highest BCUT2D eigenvalue weighted by Crippen LogP contribution is 2.20. The third kappa shape index (κ3) is 3.13. The molecule has 2 aromatic carbocycles. The summed E-state index contributed by atoms with van der Waals surface area (Å²) in [5, 5.41) is 13.8. The highest BCUT2D eigenvalue weighted by Gasteiger charge is 2.10. The Morgan fingerprint density at radius 1 is 1.25 bits per heavy atom. The first-order valence-electron chi connectivity index (χ1n) is 5.79. The van der Waals surface area contributed by atoms with Gasteiger partial charge >= 0.3 is 0 Å². The Morgan fingerprint density at radius 2 is 2.00 bits per heavy atom. The quantitative estimate of drug-likeness (QED) is 0.690. The molecule has 0 aromatic heterocycles. The molecule has 0 atom stereocenters. The first-order valence-corrected chi connectivity index (χ1v) is 6.17. The molecule has 6 heteroatoms. The predicted octanol–water partition coefficient (Wildman–Crippen LogP) is 3.81. The number of anilines is 1. The highest BCUT2D eigenvalue weighted by molar-refractivity contribution is 6.31. The summed E-state index contributed by atoms with van der Waals surface area (Å²) in [7, 11) is 0. The van der Waals surface area contributed by atoms with Gasteiger partial charge in [0.2, 0.25) is 0 Å². The number of hydrogen-bond donors (Lipinski definition) is 1. The lowest BCUT2D eigenvalue weighted by Crippen LogP contribution is -2.12. The van der Waals surface area contributed by atoms with E-state index in [4.69, 9.17) is 11.6 Å². The molecule has 0 unspecified atom stereocenters. The summed E-state index contributed by atoms with van der Waals surface area (Å²) in [6.45, 7) is 1.84. The van der Waals surface area contributed by atoms with Crippen LogP contribution in [0.5, 0.6) is 0 Å². The molecule has 1 N–H and O–H groups in total. The zero-order valence-corrected chi connectivity index (χ0v) is 11.3. The number of halogens is 1. The second kappa shape index (κ2) is 5.71. The van der Waals surface area contributed by atoms with E-state index in [9.17, 15) is 14.9 Å². The number of nitrogens with one attached hydrogen (secondary N) is 1. The van der Waals surface area contributed by atoms with Gasteiger partial charge in [0.05, 0.1) is 4.92 Å². The second-order valence-corrected chi connectivity index (χ2v) is 4.63. The molecular weight excluding hydrogens is 280 g/mol. The molecule has 5 nitrogen and oxygen atoms in total. The van der Waals surface area contributed by atoms with Crippen LogP contribution in [0.1, 0.15) is 15.9 Å². The third-order valence-electron chi connectivity index (χ3n) is 2.75. The normalized spacial score (nSPS) is 10.1. The van der Waals surface area contributed by atoms with Gasteiger partial charge in [0, 0.05) is 28.4 Å². The molecule has 0 aliphatic carbocycles. The Kier molecular flexibility index (Phi) is 4.00. The predicted molar refractivity (Wildman–Crippen MR) is 77.2 cm³/mol. The summed E-state index contributed by atoms with van der Waals surface area (Å²) in [6.07, 6.45) is 0. The summed E-state index contributed by atoms with van der Waals surface area (Å²) >= 11 is 5.96. The number of nitro benzene ring substituents is 1. The van der Waals surface area contributed by atoms with Gasteiger partial charge in [0.25, 0.3) is 11.6 Å². The van der Waals surface area contributed by atoms with Crippen LogP contribution in [-0.4, -0.2) is 10.8 Å². The van der Waals surface area contributed by atoms with E-state index in [1.807, 2.05) is 6.92 Å². The maximum absolute atomic E-state index is 12.0. The number of amides is 1. The molecule has 2 aromatic rings. The van der Waals surface area contributed by atoms with Crippen LogP contribution in [0.4, 0.5) is 11.4 Å². The molecule has 2 rings (SSSR count). The van der Waals surface area contributed by atoms with Crippen LogP contribution in [0.25, 0.3) is 0 Å². The standard InChI is InChI=1S/C14H11ClN2O3/c1-9-5-6-10(7-13(9)15)14(18)16-11-3-2-4-12(8-11)17(19)20/h2-8H,1H3,(H,16,18). The van der Waals surface area contributed by atoms with Gasteiger partial charge in [0.15, 0.2) is 0 Å². The van der Waals surface area contributed by atoms with Crippen molar-refractivity contribution in [1.82, 2.24) is 0 Å². The molecule has 102 valence electrons. The van der Waals surface area contributed by atoms with Crippen molar-refractivity contribution < 1.29 is 9.72 Å². The molecule has 20 heavy (non-hydrogen) atoms. The summed E-state index contributed by atoms with van der Waals surface area (Å²) < 4.78 is 0. The molecule has 0 bridgehead atoms. The Hall–Kier alpha value is -2.40. The van der Waals surface area contributed by atoms with Gasteiger partial charge in [-0.1, -0.05) is 23.7 Å². The van der Waals surface area contributed by atoms with Gasteiger partial charge in [-0.25, -0.2) is 0 Å². The van der Waals surface area contributed by atoms with Crippen LogP contribution in [0.15, 0.2) is 42.5 Å². The van der Waals surface area contributed by atoms with Gasteiger partial charge in [-0.2, -0.15) is 0 Å². The molecule has 0 saturated carbocycles. The molecule has 0 aliphatic heterocycles. The number of carbonyl (C=O) groups excluding carboxylic acids is 1. The first-order chi connectivity index (χ1) is 9.47. The summed E-state index contributed by atoms with van der Waals surface area (Å²) in [5.41, 5.74) is 1.55. The molecular formula is C14H11ClN2O3. The zero-order valence-electron chi connectivity index (χ0n) is 10.6. The number of hydrogen-bond acceptors (Lipinski definition) is 3. The number of aryl methyl sites for hydroxylation is 1. The van der Waals surface area contributed by atoms with Crippen LogP contribution in [0.2, 0.25) is 5.02 Å². The average Bonchev–Trinajstić information content (AvgIpc) is 2.42. The molecule has 0 fully saturated rings. The van der Waals surface area contributed by atoms with E-state index in [-0.39, 0.29) is 11.6 Å². The number of carbonyl (C=O) groups is 1. The zero-order chi connectivity index (χ0) is 14.7. The molecule has 0 spiro atoms. The highest BCUT2D eigenvalue weighted by atomic mass is 35.5. The smallest absolute Gasteiger partial charge is 0.271 e. The molecule has 0 aliphatic rings. The summed E-state index contributed by atoms with van der Waals surface area (Å²) in [6, 6.07) is 10.7. The number of nitro groups is 1. The van der Waals surface area contributed by atoms with E-state index in [1.165, 1.54) is 18.2 Å². The maximum Gasteiger partial charge on any atom is 0.271 e.